The third-order valence-electron chi connectivity index (χ3n) is 6.49. The maximum absolute atomic E-state index is 13.0. The van der Waals surface area contributed by atoms with Gasteiger partial charge in [0.25, 0.3) is 5.69 Å². The molecule has 2 fully saturated rings. The van der Waals surface area contributed by atoms with Gasteiger partial charge in [-0.25, -0.2) is 0 Å². The van der Waals surface area contributed by atoms with Crippen LogP contribution in [0.15, 0.2) is 24.3 Å². The molecule has 1 aromatic carbocycles. The zero-order chi connectivity index (χ0) is 21.7. The molecule has 1 aromatic rings. The summed E-state index contributed by atoms with van der Waals surface area (Å²) in [6.07, 6.45) is 2.86. The average Bonchev–Trinajstić information content (AvgIpc) is 2.79. The summed E-state index contributed by atoms with van der Waals surface area (Å²) in [6.45, 7) is 8.00. The first-order valence-electron chi connectivity index (χ1n) is 11.0. The summed E-state index contributed by atoms with van der Waals surface area (Å²) in [6, 6.07) is 6.78. The lowest BCUT2D eigenvalue weighted by Gasteiger charge is -2.38. The Hall–Kier alpha value is -2.64. The van der Waals surface area contributed by atoms with Gasteiger partial charge in [-0.2, -0.15) is 0 Å². The summed E-state index contributed by atoms with van der Waals surface area (Å²) >= 11 is 0. The summed E-state index contributed by atoms with van der Waals surface area (Å²) in [4.78, 5) is 42.3. The highest BCUT2D eigenvalue weighted by Crippen LogP contribution is 2.32. The quantitative estimate of drug-likeness (QED) is 0.526. The number of carbonyl (C=O) groups is 2. The number of rotatable bonds is 6. The summed E-state index contributed by atoms with van der Waals surface area (Å²) < 4.78 is 0. The molecular weight excluding hydrogens is 384 g/mol. The molecule has 2 aliphatic rings. The molecule has 0 aliphatic carbocycles. The molecule has 0 radical (unpaired) electrons. The second-order valence-corrected chi connectivity index (χ2v) is 8.12. The van der Waals surface area contributed by atoms with Gasteiger partial charge in [-0.3, -0.25) is 19.7 Å². The molecule has 0 N–H and O–H groups in total. The maximum Gasteiger partial charge on any atom is 0.292 e. The standard InChI is InChI=1S/C22H32N4O4/c1-3-23(4-2)21(27)17-11-15-25(16-12-17)22(28)18-9-13-24(14-10-18)19-7-5-6-8-20(19)26(29)30/h5-8,17-18H,3-4,9-16H2,1-2H3. The molecule has 0 aromatic heterocycles. The van der Waals surface area contributed by atoms with Crippen LogP contribution in [-0.2, 0) is 9.59 Å². The van der Waals surface area contributed by atoms with Crippen LogP contribution in [0, 0.1) is 22.0 Å². The first kappa shape index (κ1) is 22.1. The normalized spacial score (nSPS) is 18.3. The van der Waals surface area contributed by atoms with Crippen LogP contribution in [-0.4, -0.2) is 65.8 Å². The minimum Gasteiger partial charge on any atom is -0.366 e. The highest BCUT2D eigenvalue weighted by molar-refractivity contribution is 5.81. The van der Waals surface area contributed by atoms with Gasteiger partial charge in [-0.1, -0.05) is 12.1 Å². The summed E-state index contributed by atoms with van der Waals surface area (Å²) in [5, 5.41) is 11.3. The van der Waals surface area contributed by atoms with Crippen molar-refractivity contribution in [1.29, 1.82) is 0 Å². The average molecular weight is 417 g/mol. The Morgan fingerprint density at radius 3 is 2.13 bits per heavy atom. The number of likely N-dealkylation sites (tertiary alicyclic amines) is 1. The monoisotopic (exact) mass is 416 g/mol. The van der Waals surface area contributed by atoms with E-state index in [-0.39, 0.29) is 34.3 Å². The lowest BCUT2D eigenvalue weighted by Crippen LogP contribution is -2.48. The van der Waals surface area contributed by atoms with Crippen molar-refractivity contribution in [1.82, 2.24) is 9.80 Å². The molecule has 2 amide bonds. The highest BCUT2D eigenvalue weighted by atomic mass is 16.6. The Bertz CT molecular complexity index is 764. The van der Waals surface area contributed by atoms with Crippen molar-refractivity contribution in [3.63, 3.8) is 0 Å². The number of nitrogens with zero attached hydrogens (tertiary/aromatic N) is 4. The van der Waals surface area contributed by atoms with Gasteiger partial charge in [0.15, 0.2) is 0 Å². The zero-order valence-corrected chi connectivity index (χ0v) is 18.0. The smallest absolute Gasteiger partial charge is 0.292 e. The number of piperidine rings is 2. The number of nitro groups is 1. The van der Waals surface area contributed by atoms with Gasteiger partial charge in [0.05, 0.1) is 4.92 Å². The first-order chi connectivity index (χ1) is 14.5. The molecular formula is C22H32N4O4. The van der Waals surface area contributed by atoms with Gasteiger partial charge in [0.1, 0.15) is 5.69 Å². The Morgan fingerprint density at radius 1 is 1.00 bits per heavy atom. The molecule has 0 saturated carbocycles. The van der Waals surface area contributed by atoms with E-state index in [0.29, 0.717) is 44.7 Å². The topological polar surface area (TPSA) is 87.0 Å². The van der Waals surface area contributed by atoms with Gasteiger partial charge in [0, 0.05) is 57.2 Å². The zero-order valence-electron chi connectivity index (χ0n) is 18.0. The number of carbonyl (C=O) groups excluding carboxylic acids is 2. The van der Waals surface area contributed by atoms with Crippen molar-refractivity contribution in [3.05, 3.63) is 34.4 Å². The van der Waals surface area contributed by atoms with Crippen LogP contribution in [0.25, 0.3) is 0 Å². The molecule has 0 atom stereocenters. The maximum atomic E-state index is 13.0. The molecule has 2 aliphatic heterocycles. The lowest BCUT2D eigenvalue weighted by atomic mass is 9.91. The lowest BCUT2D eigenvalue weighted by molar-refractivity contribution is -0.384. The molecule has 2 saturated heterocycles. The largest absolute Gasteiger partial charge is 0.366 e. The number of para-hydroxylation sites is 2. The van der Waals surface area contributed by atoms with Gasteiger partial charge in [-0.15, -0.1) is 0 Å². The predicted octanol–water partition coefficient (Wildman–Crippen LogP) is 2.92. The second-order valence-electron chi connectivity index (χ2n) is 8.12. The van der Waals surface area contributed by atoms with E-state index in [9.17, 15) is 19.7 Å². The van der Waals surface area contributed by atoms with E-state index < -0.39 is 0 Å². The fourth-order valence-corrected chi connectivity index (χ4v) is 4.65. The minimum atomic E-state index is -0.351. The number of anilines is 1. The van der Waals surface area contributed by atoms with Crippen LogP contribution in [0.3, 0.4) is 0 Å². The summed E-state index contributed by atoms with van der Waals surface area (Å²) in [7, 11) is 0. The Morgan fingerprint density at radius 2 is 1.57 bits per heavy atom. The molecule has 164 valence electrons. The van der Waals surface area contributed by atoms with E-state index in [1.54, 1.807) is 12.1 Å². The van der Waals surface area contributed by atoms with Crippen molar-refractivity contribution in [2.24, 2.45) is 11.8 Å². The summed E-state index contributed by atoms with van der Waals surface area (Å²) in [5.74, 6) is 0.365. The molecule has 2 heterocycles. The predicted molar refractivity (Wildman–Crippen MR) is 115 cm³/mol. The number of hydrogen-bond acceptors (Lipinski definition) is 5. The molecule has 8 nitrogen and oxygen atoms in total. The van der Waals surface area contributed by atoms with Crippen LogP contribution in [0.2, 0.25) is 0 Å². The Labute approximate surface area is 178 Å². The first-order valence-corrected chi connectivity index (χ1v) is 11.0. The molecule has 30 heavy (non-hydrogen) atoms. The number of nitro benzene ring substituents is 1. The number of amides is 2. The third-order valence-corrected chi connectivity index (χ3v) is 6.49. The number of benzene rings is 1. The Kier molecular flexibility index (Phi) is 7.29. The van der Waals surface area contributed by atoms with Gasteiger partial charge < -0.3 is 14.7 Å². The van der Waals surface area contributed by atoms with Gasteiger partial charge in [-0.05, 0) is 45.6 Å². The molecule has 0 bridgehead atoms. The summed E-state index contributed by atoms with van der Waals surface area (Å²) in [5.41, 5.74) is 0.742. The molecule has 0 unspecified atom stereocenters. The van der Waals surface area contributed by atoms with Crippen LogP contribution >= 0.6 is 0 Å². The minimum absolute atomic E-state index is 0.0226. The van der Waals surface area contributed by atoms with Crippen molar-refractivity contribution < 1.29 is 14.5 Å². The SMILES string of the molecule is CCN(CC)C(=O)C1CCN(C(=O)C2CCN(c3ccccc3[N+](=O)[O-])CC2)CC1. The van der Waals surface area contributed by atoms with Crippen LogP contribution in [0.4, 0.5) is 11.4 Å². The van der Waals surface area contributed by atoms with Crippen LogP contribution < -0.4 is 4.90 Å². The van der Waals surface area contributed by atoms with Crippen LogP contribution in [0.1, 0.15) is 39.5 Å². The van der Waals surface area contributed by atoms with E-state index in [0.717, 1.165) is 25.9 Å². The highest BCUT2D eigenvalue weighted by Gasteiger charge is 2.34. The Balaban J connectivity index is 1.52. The van der Waals surface area contributed by atoms with Gasteiger partial charge in [0.2, 0.25) is 11.8 Å². The third kappa shape index (κ3) is 4.74. The van der Waals surface area contributed by atoms with Crippen LogP contribution in [0.5, 0.6) is 0 Å². The molecule has 8 heteroatoms. The fourth-order valence-electron chi connectivity index (χ4n) is 4.65. The van der Waals surface area contributed by atoms with E-state index >= 15 is 0 Å². The molecule has 0 spiro atoms. The van der Waals surface area contributed by atoms with Crippen molar-refractivity contribution in [2.75, 3.05) is 44.2 Å². The van der Waals surface area contributed by atoms with E-state index in [2.05, 4.69) is 0 Å². The van der Waals surface area contributed by atoms with Gasteiger partial charge >= 0.3 is 0 Å². The van der Waals surface area contributed by atoms with Crippen molar-refractivity contribution in [3.8, 4) is 0 Å². The fraction of sp³-hybridized carbons (Fsp3) is 0.636. The van der Waals surface area contributed by atoms with Crippen molar-refractivity contribution >= 4 is 23.2 Å². The van der Waals surface area contributed by atoms with Crippen molar-refractivity contribution in [2.45, 2.75) is 39.5 Å². The van der Waals surface area contributed by atoms with E-state index in [1.807, 2.05) is 34.6 Å². The second kappa shape index (κ2) is 9.91. The molecule has 3 rings (SSSR count). The van der Waals surface area contributed by atoms with E-state index in [4.69, 9.17) is 0 Å². The number of hydrogen-bond donors (Lipinski definition) is 0. The van der Waals surface area contributed by atoms with E-state index in [1.165, 1.54) is 6.07 Å².